The molecule has 0 amide bonds. The van der Waals surface area contributed by atoms with Gasteiger partial charge in [-0.2, -0.15) is 4.21 Å². The van der Waals surface area contributed by atoms with Crippen LogP contribution in [0.2, 0.25) is 0 Å². The molecule has 0 atom stereocenters. The molecule has 4 heavy (non-hydrogen) atoms. The summed E-state index contributed by atoms with van der Waals surface area (Å²) in [5.41, 5.74) is 0. The van der Waals surface area contributed by atoms with Crippen molar-refractivity contribution in [2.24, 2.45) is 0 Å². The molecule has 20 valence electrons. The Kier molecular flexibility index (Phi) is 70.9. The Morgan fingerprint density at radius 1 is 1.00 bits per heavy atom. The zero-order valence-corrected chi connectivity index (χ0v) is 1.63. The quantitative estimate of drug-likeness (QED) is 0.349. The molecule has 0 bridgehead atoms. The average Bonchev–Trinajstić information content (AvgIpc) is 1.00. The summed E-state index contributed by atoms with van der Waals surface area (Å²) in [4.78, 5) is 0. The van der Waals surface area contributed by atoms with Gasteiger partial charge >= 0.3 is 75.5 Å². The molecule has 0 aromatic heterocycles. The van der Waals surface area contributed by atoms with Gasteiger partial charge in [-0.15, -0.1) is 0 Å². The second-order valence-electron chi connectivity index (χ2n) is 0. The van der Waals surface area contributed by atoms with Crippen molar-refractivity contribution in [2.75, 3.05) is 0 Å². The van der Waals surface area contributed by atoms with E-state index in [1.54, 1.807) is 0 Å². The van der Waals surface area contributed by atoms with Crippen molar-refractivity contribution in [1.82, 2.24) is 0 Å². The van der Waals surface area contributed by atoms with E-state index in [-0.39, 0.29) is 75.5 Å². The third-order valence-corrected chi connectivity index (χ3v) is 0. The molecule has 0 heterocycles. The molecule has 0 aromatic rings. The van der Waals surface area contributed by atoms with E-state index in [1.165, 1.54) is 0 Å². The van der Waals surface area contributed by atoms with E-state index in [4.69, 9.17) is 4.21 Å². The zero-order valence-electron chi connectivity index (χ0n) is 0.816. The van der Waals surface area contributed by atoms with Crippen molar-refractivity contribution in [1.29, 1.82) is 0 Å². The van der Waals surface area contributed by atoms with Gasteiger partial charge in [-0.1, -0.05) is 0 Å². The first-order chi connectivity index (χ1) is 1.00. The Morgan fingerprint density at radius 3 is 1.00 bits per heavy atom. The second kappa shape index (κ2) is 17.7. The van der Waals surface area contributed by atoms with Crippen molar-refractivity contribution >= 4 is 88.0 Å². The third kappa shape index (κ3) is 8.82. The van der Waals surface area contributed by atoms with E-state index in [1.807, 2.05) is 0 Å². The second-order valence-corrected chi connectivity index (χ2v) is 0. The minimum atomic E-state index is 0. The Labute approximate surface area is 90.0 Å². The monoisotopic (exact) mass is 132 g/mol. The third-order valence-electron chi connectivity index (χ3n) is 0. The summed E-state index contributed by atoms with van der Waals surface area (Å²) in [6.07, 6.45) is 0. The molecule has 0 aromatic carbocycles. The van der Waals surface area contributed by atoms with E-state index < -0.39 is 0 Å². The van der Waals surface area contributed by atoms with Crippen LogP contribution >= 0.6 is 0 Å². The van der Waals surface area contributed by atoms with Gasteiger partial charge in [-0.25, -0.2) is 0 Å². The maximum atomic E-state index is 7.83. The topological polar surface area (TPSA) is 17.1 Å². The van der Waals surface area contributed by atoms with E-state index in [9.17, 15) is 0 Å². The molecular weight excluding hydrogens is 128 g/mol. The van der Waals surface area contributed by atoms with Crippen molar-refractivity contribution < 1.29 is 4.21 Å². The van der Waals surface area contributed by atoms with E-state index in [0.29, 0.717) is 0 Å². The van der Waals surface area contributed by atoms with Crippen LogP contribution in [0.25, 0.3) is 0 Å². The predicted molar refractivity (Wildman–Crippen MR) is 25.2 cm³/mol. The zero-order chi connectivity index (χ0) is 2.00. The molecule has 0 radical (unpaired) electrons. The van der Waals surface area contributed by atoms with Gasteiger partial charge in [0.15, 0.2) is 12.5 Å². The Balaban J connectivity index is -0.00000000500. The van der Waals surface area contributed by atoms with Crippen molar-refractivity contribution in [3.63, 3.8) is 0 Å². The summed E-state index contributed by atoms with van der Waals surface area (Å²) in [6.45, 7) is 0. The van der Waals surface area contributed by atoms with Crippen LogP contribution < -0.4 is 0 Å². The Hall–Kier alpha value is 2.54. The van der Waals surface area contributed by atoms with Gasteiger partial charge in [0, 0.05) is 0 Å². The van der Waals surface area contributed by atoms with Gasteiger partial charge in [0.05, 0.1) is 0 Å². The van der Waals surface area contributed by atoms with Crippen molar-refractivity contribution in [3.05, 3.63) is 0 Å². The molecule has 1 nitrogen and oxygen atoms in total. The van der Waals surface area contributed by atoms with Gasteiger partial charge in [-0.3, -0.25) is 0 Å². The molecular formula is H4Ca2OS. The van der Waals surface area contributed by atoms with Gasteiger partial charge in [-0.05, 0) is 0 Å². The predicted octanol–water partition coefficient (Wildman–Crippen LogP) is -2.17. The van der Waals surface area contributed by atoms with Gasteiger partial charge in [0.25, 0.3) is 0 Å². The van der Waals surface area contributed by atoms with Crippen LogP contribution in [-0.2, 0) is 12.5 Å². The number of rotatable bonds is 0. The molecule has 0 aliphatic carbocycles. The van der Waals surface area contributed by atoms with Crippen molar-refractivity contribution in [3.8, 4) is 0 Å². The van der Waals surface area contributed by atoms with Crippen LogP contribution in [0.3, 0.4) is 0 Å². The van der Waals surface area contributed by atoms with Gasteiger partial charge < -0.3 is 0 Å². The van der Waals surface area contributed by atoms with Crippen molar-refractivity contribution in [2.45, 2.75) is 0 Å². The SMILES string of the molecule is O=S.[CaH2].[CaH2]. The number of hydrogen-bond donors (Lipinski definition) is 0. The summed E-state index contributed by atoms with van der Waals surface area (Å²) in [6, 6.07) is 0. The molecule has 0 aliphatic rings. The van der Waals surface area contributed by atoms with Crippen LogP contribution in [0.1, 0.15) is 0 Å². The molecule has 0 saturated carbocycles. The Bertz CT molecular complexity index is 6.00. The van der Waals surface area contributed by atoms with Gasteiger partial charge in [0.2, 0.25) is 0 Å². The molecule has 0 spiro atoms. The first kappa shape index (κ1) is 16.0. The van der Waals surface area contributed by atoms with Crippen LogP contribution in [0, 0.1) is 0 Å². The minimum absolute atomic E-state index is 0. The maximum absolute atomic E-state index is 7.83. The molecule has 0 N–H and O–H groups in total. The molecule has 4 heteroatoms. The van der Waals surface area contributed by atoms with Crippen LogP contribution in [-0.4, -0.2) is 79.7 Å². The average molecular weight is 132 g/mol. The first-order valence-electron chi connectivity index (χ1n) is 0.167. The summed E-state index contributed by atoms with van der Waals surface area (Å²) in [7, 11) is 0. The molecule has 0 unspecified atom stereocenters. The van der Waals surface area contributed by atoms with Crippen LogP contribution in [0.15, 0.2) is 0 Å². The first-order valence-corrected chi connectivity index (χ1v) is 0.500. The van der Waals surface area contributed by atoms with E-state index in [0.717, 1.165) is 0 Å². The fraction of sp³-hybridized carbons (Fsp3) is 0. The van der Waals surface area contributed by atoms with E-state index >= 15 is 0 Å². The normalized spacial score (nSPS) is 1.00. The molecule has 0 saturated heterocycles. The van der Waals surface area contributed by atoms with E-state index in [2.05, 4.69) is 12.5 Å². The fourth-order valence-electron chi connectivity index (χ4n) is 0. The molecule has 0 fully saturated rings. The summed E-state index contributed by atoms with van der Waals surface area (Å²) < 4.78 is 7.83. The fourth-order valence-corrected chi connectivity index (χ4v) is 0. The van der Waals surface area contributed by atoms with Crippen LogP contribution in [0.5, 0.6) is 0 Å². The van der Waals surface area contributed by atoms with Crippen LogP contribution in [0.4, 0.5) is 0 Å². The summed E-state index contributed by atoms with van der Waals surface area (Å²) in [5, 5.41) is 0. The number of hydrogen-bond acceptors (Lipinski definition) is 2. The standard InChI is InChI=1S/2Ca.OS.4H/c;;1-2;;;;. The molecule has 0 aliphatic heterocycles. The summed E-state index contributed by atoms with van der Waals surface area (Å²) >= 11 is 2.83. The molecule has 0 rings (SSSR count). The summed E-state index contributed by atoms with van der Waals surface area (Å²) in [5.74, 6) is 0. The van der Waals surface area contributed by atoms with Gasteiger partial charge in [0.1, 0.15) is 0 Å². The Morgan fingerprint density at radius 2 is 1.00 bits per heavy atom.